The largest absolute Gasteiger partial charge is 0.493 e. The van der Waals surface area contributed by atoms with Gasteiger partial charge >= 0.3 is 0 Å². The van der Waals surface area contributed by atoms with E-state index in [1.54, 1.807) is 35.5 Å². The van der Waals surface area contributed by atoms with Crippen LogP contribution in [0.2, 0.25) is 0 Å². The summed E-state index contributed by atoms with van der Waals surface area (Å²) in [4.78, 5) is 4.29. The van der Waals surface area contributed by atoms with Crippen molar-refractivity contribution in [3.63, 3.8) is 0 Å². The fourth-order valence-electron chi connectivity index (χ4n) is 2.98. The van der Waals surface area contributed by atoms with Gasteiger partial charge in [0.05, 0.1) is 35.0 Å². The van der Waals surface area contributed by atoms with Gasteiger partial charge in [-0.05, 0) is 41.8 Å². The average Bonchev–Trinajstić information content (AvgIpc) is 2.82. The van der Waals surface area contributed by atoms with Crippen LogP contribution in [-0.2, 0) is 13.1 Å². The van der Waals surface area contributed by atoms with Crippen molar-refractivity contribution in [3.8, 4) is 28.7 Å². The molecule has 8 nitrogen and oxygen atoms in total. The Morgan fingerprint density at radius 3 is 1.87 bits per heavy atom. The van der Waals surface area contributed by atoms with Crippen LogP contribution in [0.3, 0.4) is 0 Å². The summed E-state index contributed by atoms with van der Waals surface area (Å²) in [7, 11) is 8.15. The zero-order chi connectivity index (χ0) is 22.6. The fraction of sp³-hybridized carbons (Fsp3) is 0.435. The van der Waals surface area contributed by atoms with Gasteiger partial charge in [-0.15, -0.1) is 0 Å². The average molecular weight is 432 g/mol. The van der Waals surface area contributed by atoms with Crippen LogP contribution in [0.25, 0.3) is 0 Å². The lowest BCUT2D eigenvalue weighted by molar-refractivity contribution is 0.294. The van der Waals surface area contributed by atoms with E-state index in [-0.39, 0.29) is 0 Å². The van der Waals surface area contributed by atoms with Crippen LogP contribution in [0.5, 0.6) is 28.7 Å². The van der Waals surface area contributed by atoms with Gasteiger partial charge in [0.2, 0.25) is 5.75 Å². The Kier molecular flexibility index (Phi) is 9.61. The van der Waals surface area contributed by atoms with Gasteiger partial charge in [0.25, 0.3) is 0 Å². The van der Waals surface area contributed by atoms with Crippen LogP contribution in [-0.4, -0.2) is 48.1 Å². The van der Waals surface area contributed by atoms with E-state index in [1.807, 2.05) is 30.3 Å². The van der Waals surface area contributed by atoms with E-state index in [9.17, 15) is 0 Å². The van der Waals surface area contributed by atoms with E-state index >= 15 is 0 Å². The first-order valence-corrected chi connectivity index (χ1v) is 10.1. The molecule has 0 spiro atoms. The highest BCUT2D eigenvalue weighted by atomic mass is 16.5. The van der Waals surface area contributed by atoms with Crippen LogP contribution in [0.4, 0.5) is 0 Å². The van der Waals surface area contributed by atoms with Gasteiger partial charge in [0, 0.05) is 20.1 Å². The van der Waals surface area contributed by atoms with Crippen molar-refractivity contribution in [2.75, 3.05) is 42.1 Å². The van der Waals surface area contributed by atoms with E-state index in [0.29, 0.717) is 48.7 Å². The van der Waals surface area contributed by atoms with E-state index in [1.165, 1.54) is 0 Å². The second-order valence-corrected chi connectivity index (χ2v) is 6.65. The molecule has 0 unspecified atom stereocenters. The first-order chi connectivity index (χ1) is 15.1. The molecule has 2 rings (SSSR count). The van der Waals surface area contributed by atoms with Gasteiger partial charge < -0.3 is 34.3 Å². The van der Waals surface area contributed by atoms with Crippen molar-refractivity contribution in [3.05, 3.63) is 41.5 Å². The van der Waals surface area contributed by atoms with Crippen molar-refractivity contribution in [2.45, 2.75) is 26.4 Å². The minimum Gasteiger partial charge on any atom is -0.493 e. The minimum absolute atomic E-state index is 0.531. The molecule has 31 heavy (non-hydrogen) atoms. The molecule has 2 aromatic rings. The summed E-state index contributed by atoms with van der Waals surface area (Å²) in [6, 6.07) is 9.71. The lowest BCUT2D eigenvalue weighted by Crippen LogP contribution is -2.36. The van der Waals surface area contributed by atoms with E-state index in [4.69, 9.17) is 23.7 Å². The maximum atomic E-state index is 5.71. The molecule has 0 aromatic heterocycles. The van der Waals surface area contributed by atoms with Gasteiger partial charge in [-0.1, -0.05) is 13.0 Å². The topological polar surface area (TPSA) is 82.6 Å². The van der Waals surface area contributed by atoms with Crippen LogP contribution >= 0.6 is 0 Å². The predicted octanol–water partition coefficient (Wildman–Crippen LogP) is 3.38. The molecule has 0 amide bonds. The highest BCUT2D eigenvalue weighted by molar-refractivity contribution is 5.79. The summed E-state index contributed by atoms with van der Waals surface area (Å²) in [6.45, 7) is 3.84. The first-order valence-electron chi connectivity index (χ1n) is 10.1. The second kappa shape index (κ2) is 12.4. The second-order valence-electron chi connectivity index (χ2n) is 6.65. The molecular formula is C23H33N3O5. The predicted molar refractivity (Wildman–Crippen MR) is 122 cm³/mol. The lowest BCUT2D eigenvalue weighted by Gasteiger charge is -2.16. The number of rotatable bonds is 11. The van der Waals surface area contributed by atoms with Crippen molar-refractivity contribution < 1.29 is 23.7 Å². The van der Waals surface area contributed by atoms with E-state index in [2.05, 4.69) is 22.5 Å². The van der Waals surface area contributed by atoms with Crippen molar-refractivity contribution in [1.82, 2.24) is 10.6 Å². The van der Waals surface area contributed by atoms with Crippen molar-refractivity contribution in [2.24, 2.45) is 4.99 Å². The Morgan fingerprint density at radius 1 is 0.774 bits per heavy atom. The third kappa shape index (κ3) is 6.60. The molecular weight excluding hydrogens is 398 g/mol. The van der Waals surface area contributed by atoms with Crippen LogP contribution in [0.15, 0.2) is 35.3 Å². The first kappa shape index (κ1) is 24.0. The zero-order valence-electron chi connectivity index (χ0n) is 19.2. The molecule has 0 aliphatic heterocycles. The summed E-state index contributed by atoms with van der Waals surface area (Å²) in [6.07, 6.45) is 0.945. The zero-order valence-corrected chi connectivity index (χ0v) is 19.2. The Labute approximate surface area is 184 Å². The highest BCUT2D eigenvalue weighted by Crippen LogP contribution is 2.38. The third-order valence-electron chi connectivity index (χ3n) is 4.56. The maximum absolute atomic E-state index is 5.71. The molecule has 0 bridgehead atoms. The Balaban J connectivity index is 2.01. The number of hydrogen-bond donors (Lipinski definition) is 2. The molecule has 0 aliphatic carbocycles. The van der Waals surface area contributed by atoms with Gasteiger partial charge in [0.1, 0.15) is 0 Å². The molecule has 0 atom stereocenters. The molecule has 170 valence electrons. The molecule has 0 radical (unpaired) electrons. The number of benzene rings is 2. The number of methoxy groups -OCH3 is 4. The van der Waals surface area contributed by atoms with Gasteiger partial charge in [0.15, 0.2) is 29.0 Å². The number of hydrogen-bond acceptors (Lipinski definition) is 6. The number of ether oxygens (including phenoxy) is 5. The minimum atomic E-state index is 0.531. The monoisotopic (exact) mass is 431 g/mol. The number of nitrogens with zero attached hydrogens (tertiary/aromatic N) is 1. The summed E-state index contributed by atoms with van der Waals surface area (Å²) in [5, 5.41) is 6.60. The normalized spacial score (nSPS) is 11.0. The van der Waals surface area contributed by atoms with Crippen LogP contribution in [0.1, 0.15) is 24.5 Å². The van der Waals surface area contributed by atoms with Crippen molar-refractivity contribution >= 4 is 5.96 Å². The molecule has 0 saturated carbocycles. The smallest absolute Gasteiger partial charge is 0.203 e. The van der Waals surface area contributed by atoms with E-state index in [0.717, 1.165) is 23.3 Å². The fourth-order valence-corrected chi connectivity index (χ4v) is 2.98. The molecule has 2 aromatic carbocycles. The molecule has 2 N–H and O–H groups in total. The molecule has 0 fully saturated rings. The van der Waals surface area contributed by atoms with Crippen LogP contribution < -0.4 is 34.3 Å². The van der Waals surface area contributed by atoms with Gasteiger partial charge in [-0.25, -0.2) is 0 Å². The van der Waals surface area contributed by atoms with Gasteiger partial charge in [-0.3, -0.25) is 4.99 Å². The quantitative estimate of drug-likeness (QED) is 0.417. The SMILES string of the molecule is CCCOc1ccc(CNC(=NC)NCc2cc(OC)c(OC)c(OC)c2)cc1OC. The molecule has 0 aliphatic rings. The number of nitrogens with one attached hydrogen (secondary N) is 2. The summed E-state index contributed by atoms with van der Waals surface area (Å²) in [5.74, 6) is 3.92. The summed E-state index contributed by atoms with van der Waals surface area (Å²) in [5.41, 5.74) is 2.02. The maximum Gasteiger partial charge on any atom is 0.203 e. The van der Waals surface area contributed by atoms with Crippen molar-refractivity contribution in [1.29, 1.82) is 0 Å². The highest BCUT2D eigenvalue weighted by Gasteiger charge is 2.13. The Hall–Kier alpha value is -3.29. The molecule has 0 heterocycles. The standard InChI is InChI=1S/C23H33N3O5/c1-7-10-31-18-9-8-16(11-19(18)27-3)14-25-23(24-2)26-15-17-12-20(28-4)22(30-6)21(13-17)29-5/h8-9,11-13H,7,10,14-15H2,1-6H3,(H2,24,25,26). The number of guanidine groups is 1. The number of aliphatic imine (C=N–C) groups is 1. The molecule has 0 saturated heterocycles. The van der Waals surface area contributed by atoms with Crippen LogP contribution in [0, 0.1) is 0 Å². The summed E-state index contributed by atoms with van der Waals surface area (Å²) >= 11 is 0. The Bertz CT molecular complexity index is 845. The Morgan fingerprint density at radius 2 is 1.35 bits per heavy atom. The van der Waals surface area contributed by atoms with E-state index < -0.39 is 0 Å². The summed E-state index contributed by atoms with van der Waals surface area (Å²) < 4.78 is 27.4. The lowest BCUT2D eigenvalue weighted by atomic mass is 10.1. The molecule has 8 heteroatoms. The van der Waals surface area contributed by atoms with Gasteiger partial charge in [-0.2, -0.15) is 0 Å². The third-order valence-corrected chi connectivity index (χ3v) is 4.56.